The van der Waals surface area contributed by atoms with E-state index in [0.29, 0.717) is 5.02 Å². The van der Waals surface area contributed by atoms with Crippen LogP contribution in [0.3, 0.4) is 0 Å². The highest BCUT2D eigenvalue weighted by molar-refractivity contribution is 9.10. The topological polar surface area (TPSA) is 49.4 Å². The average molecular weight is 422 g/mol. The maximum Gasteiger partial charge on any atom is 0.246 e. The van der Waals surface area contributed by atoms with Gasteiger partial charge in [-0.25, -0.2) is 0 Å². The number of hydrogen-bond acceptors (Lipinski definition) is 2. The van der Waals surface area contributed by atoms with Crippen molar-refractivity contribution >= 4 is 51.1 Å². The molecule has 0 bridgehead atoms. The van der Waals surface area contributed by atoms with E-state index in [0.717, 1.165) is 21.3 Å². The summed E-state index contributed by atoms with van der Waals surface area (Å²) in [5.74, 6) is -0.514. The minimum atomic E-state index is -0.261. The van der Waals surface area contributed by atoms with Crippen molar-refractivity contribution in [3.63, 3.8) is 0 Å². The summed E-state index contributed by atoms with van der Waals surface area (Å²) in [6.07, 6.45) is 3.09. The van der Waals surface area contributed by atoms with Crippen LogP contribution in [-0.4, -0.2) is 30.3 Å². The molecule has 0 radical (unpaired) electrons. The molecule has 25 heavy (non-hydrogen) atoms. The summed E-state index contributed by atoms with van der Waals surface area (Å²) >= 11 is 9.29. The van der Waals surface area contributed by atoms with E-state index in [2.05, 4.69) is 21.2 Å². The largest absolute Gasteiger partial charge is 0.333 e. The first-order valence-electron chi connectivity index (χ1n) is 7.60. The molecule has 1 N–H and O–H groups in total. The summed E-state index contributed by atoms with van der Waals surface area (Å²) in [7, 11) is 1.58. The van der Waals surface area contributed by atoms with Gasteiger partial charge in [0, 0.05) is 28.3 Å². The van der Waals surface area contributed by atoms with Crippen molar-refractivity contribution < 1.29 is 9.59 Å². The first-order valence-corrected chi connectivity index (χ1v) is 8.77. The minimum Gasteiger partial charge on any atom is -0.333 e. The van der Waals surface area contributed by atoms with Crippen molar-refractivity contribution in [1.82, 2.24) is 4.90 Å². The molecule has 0 aromatic heterocycles. The molecule has 2 aromatic carbocycles. The van der Waals surface area contributed by atoms with E-state index in [9.17, 15) is 9.59 Å². The number of carbonyl (C=O) groups excluding carboxylic acids is 2. The number of hydrogen-bond donors (Lipinski definition) is 1. The molecular formula is C19H18BrClN2O2. The van der Waals surface area contributed by atoms with Crippen LogP contribution in [-0.2, 0) is 9.59 Å². The monoisotopic (exact) mass is 420 g/mol. The minimum absolute atomic E-state index is 0.0335. The van der Waals surface area contributed by atoms with Crippen LogP contribution in [0.25, 0.3) is 6.08 Å². The van der Waals surface area contributed by atoms with Gasteiger partial charge in [0.15, 0.2) is 0 Å². The summed E-state index contributed by atoms with van der Waals surface area (Å²) < 4.78 is 0.946. The van der Waals surface area contributed by atoms with Crippen LogP contribution in [0.1, 0.15) is 11.1 Å². The Hall–Kier alpha value is -2.11. The predicted molar refractivity (Wildman–Crippen MR) is 106 cm³/mol. The molecule has 0 spiro atoms. The van der Waals surface area contributed by atoms with Gasteiger partial charge < -0.3 is 10.2 Å². The Kier molecular flexibility index (Phi) is 6.79. The number of aryl methyl sites for hydroxylation is 1. The maximum absolute atomic E-state index is 12.1. The predicted octanol–water partition coefficient (Wildman–Crippen LogP) is 4.52. The SMILES string of the molecule is Cc1cc(Br)ccc1NC(=O)CN(C)C(=O)/C=C/c1cccc(Cl)c1. The van der Waals surface area contributed by atoms with Gasteiger partial charge >= 0.3 is 0 Å². The fourth-order valence-corrected chi connectivity index (χ4v) is 2.83. The zero-order valence-electron chi connectivity index (χ0n) is 13.9. The van der Waals surface area contributed by atoms with Gasteiger partial charge in [-0.1, -0.05) is 39.7 Å². The van der Waals surface area contributed by atoms with Crippen LogP contribution in [0.2, 0.25) is 5.02 Å². The van der Waals surface area contributed by atoms with Crippen molar-refractivity contribution in [3.8, 4) is 0 Å². The van der Waals surface area contributed by atoms with Gasteiger partial charge in [0.05, 0.1) is 6.54 Å². The van der Waals surface area contributed by atoms with Gasteiger partial charge in [0.25, 0.3) is 0 Å². The number of amides is 2. The first kappa shape index (κ1) is 19.2. The molecule has 0 saturated heterocycles. The summed E-state index contributed by atoms with van der Waals surface area (Å²) in [6.45, 7) is 1.87. The molecule has 0 heterocycles. The Morgan fingerprint density at radius 1 is 1.24 bits per heavy atom. The lowest BCUT2D eigenvalue weighted by Crippen LogP contribution is -2.34. The number of nitrogens with one attached hydrogen (secondary N) is 1. The maximum atomic E-state index is 12.1. The molecule has 0 fully saturated rings. The molecule has 2 amide bonds. The first-order chi connectivity index (χ1) is 11.8. The number of rotatable bonds is 5. The number of halogens is 2. The lowest BCUT2D eigenvalue weighted by Gasteiger charge is -2.15. The van der Waals surface area contributed by atoms with Crippen molar-refractivity contribution in [1.29, 1.82) is 0 Å². The summed E-state index contributed by atoms with van der Waals surface area (Å²) in [5, 5.41) is 3.41. The summed E-state index contributed by atoms with van der Waals surface area (Å²) in [4.78, 5) is 25.6. The van der Waals surface area contributed by atoms with Crippen LogP contribution in [0.15, 0.2) is 53.0 Å². The molecule has 130 valence electrons. The number of nitrogens with zero attached hydrogens (tertiary/aromatic N) is 1. The van der Waals surface area contributed by atoms with Gasteiger partial charge in [-0.2, -0.15) is 0 Å². The Morgan fingerprint density at radius 3 is 2.68 bits per heavy atom. The molecule has 0 saturated carbocycles. The second-order valence-corrected chi connectivity index (χ2v) is 6.94. The van der Waals surface area contributed by atoms with Crippen molar-refractivity contribution in [2.24, 2.45) is 0 Å². The average Bonchev–Trinajstić information content (AvgIpc) is 2.55. The second-order valence-electron chi connectivity index (χ2n) is 5.59. The van der Waals surface area contributed by atoms with Crippen LogP contribution in [0, 0.1) is 6.92 Å². The normalized spacial score (nSPS) is 10.7. The third-order valence-electron chi connectivity index (χ3n) is 3.49. The molecule has 4 nitrogen and oxygen atoms in total. The molecule has 6 heteroatoms. The van der Waals surface area contributed by atoms with E-state index in [-0.39, 0.29) is 18.4 Å². The lowest BCUT2D eigenvalue weighted by atomic mass is 10.2. The van der Waals surface area contributed by atoms with E-state index in [1.54, 1.807) is 25.3 Å². The highest BCUT2D eigenvalue weighted by Gasteiger charge is 2.11. The number of likely N-dealkylation sites (N-methyl/N-ethyl adjacent to an activating group) is 1. The molecule has 2 rings (SSSR count). The summed E-state index contributed by atoms with van der Waals surface area (Å²) in [5.41, 5.74) is 2.49. The van der Waals surface area contributed by atoms with Crippen LogP contribution < -0.4 is 5.32 Å². The van der Waals surface area contributed by atoms with Crippen LogP contribution in [0.5, 0.6) is 0 Å². The molecule has 0 aliphatic carbocycles. The quantitative estimate of drug-likeness (QED) is 0.722. The van der Waals surface area contributed by atoms with E-state index >= 15 is 0 Å². The smallest absolute Gasteiger partial charge is 0.246 e. The number of benzene rings is 2. The van der Waals surface area contributed by atoms with Crippen molar-refractivity contribution in [2.45, 2.75) is 6.92 Å². The van der Waals surface area contributed by atoms with E-state index in [1.165, 1.54) is 11.0 Å². The van der Waals surface area contributed by atoms with Gasteiger partial charge in [0.1, 0.15) is 0 Å². The van der Waals surface area contributed by atoms with Gasteiger partial charge in [-0.15, -0.1) is 0 Å². The molecular weight excluding hydrogens is 404 g/mol. The van der Waals surface area contributed by atoms with Crippen LogP contribution in [0.4, 0.5) is 5.69 Å². The third kappa shape index (κ3) is 6.03. The fraction of sp³-hybridized carbons (Fsp3) is 0.158. The molecule has 2 aromatic rings. The molecule has 0 aliphatic rings. The zero-order chi connectivity index (χ0) is 18.4. The molecule has 0 unspecified atom stereocenters. The Balaban J connectivity index is 1.92. The van der Waals surface area contributed by atoms with Gasteiger partial charge in [-0.3, -0.25) is 9.59 Å². The Bertz CT molecular complexity index is 821. The van der Waals surface area contributed by atoms with Crippen LogP contribution >= 0.6 is 27.5 Å². The molecule has 0 aliphatic heterocycles. The van der Waals surface area contributed by atoms with Gasteiger partial charge in [-0.05, 0) is 54.5 Å². The highest BCUT2D eigenvalue weighted by Crippen LogP contribution is 2.20. The van der Waals surface area contributed by atoms with Gasteiger partial charge in [0.2, 0.25) is 11.8 Å². The van der Waals surface area contributed by atoms with Crippen molar-refractivity contribution in [3.05, 3.63) is 69.2 Å². The standard InChI is InChI=1S/C19H18BrClN2O2/c1-13-10-15(20)7-8-17(13)22-18(24)12-23(2)19(25)9-6-14-4-3-5-16(21)11-14/h3-11H,12H2,1-2H3,(H,22,24)/b9-6+. The number of carbonyl (C=O) groups is 2. The second kappa shape index (κ2) is 8.83. The third-order valence-corrected chi connectivity index (χ3v) is 4.21. The lowest BCUT2D eigenvalue weighted by molar-refractivity contribution is -0.129. The van der Waals surface area contributed by atoms with E-state index in [4.69, 9.17) is 11.6 Å². The van der Waals surface area contributed by atoms with Crippen molar-refractivity contribution in [2.75, 3.05) is 18.9 Å². The fourth-order valence-electron chi connectivity index (χ4n) is 2.16. The summed E-state index contributed by atoms with van der Waals surface area (Å²) in [6, 6.07) is 12.8. The Labute approximate surface area is 160 Å². The van der Waals surface area contributed by atoms with E-state index in [1.807, 2.05) is 37.3 Å². The Morgan fingerprint density at radius 2 is 2.00 bits per heavy atom. The highest BCUT2D eigenvalue weighted by atomic mass is 79.9. The zero-order valence-corrected chi connectivity index (χ0v) is 16.3. The van der Waals surface area contributed by atoms with E-state index < -0.39 is 0 Å². The number of anilines is 1. The molecule has 0 atom stereocenters.